The van der Waals surface area contributed by atoms with Crippen molar-refractivity contribution in [3.05, 3.63) is 48.2 Å². The van der Waals surface area contributed by atoms with Gasteiger partial charge in [-0.1, -0.05) is 30.4 Å². The molecule has 0 radical (unpaired) electrons. The molecule has 2 aromatic rings. The lowest BCUT2D eigenvalue weighted by Gasteiger charge is -2.19. The molecule has 4 nitrogen and oxygen atoms in total. The monoisotopic (exact) mass is 297 g/mol. The van der Waals surface area contributed by atoms with Gasteiger partial charge in [0, 0.05) is 22.7 Å². The Balaban J connectivity index is 1.71. The summed E-state index contributed by atoms with van der Waals surface area (Å²) in [6.07, 6.45) is 7.38. The third-order valence-corrected chi connectivity index (χ3v) is 4.12. The highest BCUT2D eigenvalue weighted by atomic mass is 16.5. The van der Waals surface area contributed by atoms with Crippen LogP contribution in [-0.2, 0) is 9.53 Å². The lowest BCUT2D eigenvalue weighted by Crippen LogP contribution is -2.28. The summed E-state index contributed by atoms with van der Waals surface area (Å²) < 4.78 is 5.39. The molecular weight excluding hydrogens is 278 g/mol. The van der Waals surface area contributed by atoms with Crippen LogP contribution in [0.1, 0.15) is 36.5 Å². The van der Waals surface area contributed by atoms with Crippen LogP contribution in [0.2, 0.25) is 0 Å². The molecule has 1 aliphatic rings. The van der Waals surface area contributed by atoms with Crippen LogP contribution in [0.5, 0.6) is 0 Å². The van der Waals surface area contributed by atoms with Gasteiger partial charge in [0.05, 0.1) is 5.92 Å². The summed E-state index contributed by atoms with van der Waals surface area (Å²) in [4.78, 5) is 27.7. The number of H-pyrrole nitrogens is 1. The molecule has 0 unspecified atom stereocenters. The van der Waals surface area contributed by atoms with E-state index in [0.29, 0.717) is 12.0 Å². The van der Waals surface area contributed by atoms with Crippen molar-refractivity contribution < 1.29 is 14.3 Å². The Hall–Kier alpha value is -2.36. The minimum Gasteiger partial charge on any atom is -0.454 e. The smallest absolute Gasteiger partial charge is 0.309 e. The van der Waals surface area contributed by atoms with Gasteiger partial charge in [-0.25, -0.2) is 0 Å². The van der Waals surface area contributed by atoms with Gasteiger partial charge >= 0.3 is 5.97 Å². The molecule has 22 heavy (non-hydrogen) atoms. The van der Waals surface area contributed by atoms with E-state index < -0.39 is 6.10 Å². The second kappa shape index (κ2) is 6.18. The third-order valence-electron chi connectivity index (χ3n) is 4.12. The predicted octanol–water partition coefficient (Wildman–Crippen LogP) is 3.64. The molecule has 0 amide bonds. The second-order valence-electron chi connectivity index (χ2n) is 5.67. The highest BCUT2D eigenvalue weighted by Crippen LogP contribution is 2.23. The van der Waals surface area contributed by atoms with Crippen molar-refractivity contribution >= 4 is 22.7 Å². The number of carbonyl (C=O) groups is 2. The van der Waals surface area contributed by atoms with Gasteiger partial charge in [0.2, 0.25) is 5.78 Å². The number of hydrogen-bond donors (Lipinski definition) is 1. The summed E-state index contributed by atoms with van der Waals surface area (Å²) in [7, 11) is 0. The molecule has 0 bridgehead atoms. The molecule has 0 saturated heterocycles. The summed E-state index contributed by atoms with van der Waals surface area (Å²) in [6.45, 7) is 1.64. The molecule has 0 saturated carbocycles. The van der Waals surface area contributed by atoms with Crippen LogP contribution in [0.3, 0.4) is 0 Å². The molecule has 1 aromatic carbocycles. The number of allylic oxidation sites excluding steroid dienone is 2. The number of aromatic nitrogens is 1. The normalized spacial score (nSPS) is 19.0. The standard InChI is InChI=1S/C18H19NO3/c1-12(22-18(21)13-7-3-2-4-8-13)17(20)15-11-19-16-10-6-5-9-14(15)16/h2-3,5-6,9-13,19H,4,7-8H2,1H3/t12-,13-/m1/s1. The number of aromatic amines is 1. The van der Waals surface area contributed by atoms with Crippen molar-refractivity contribution in [3.63, 3.8) is 0 Å². The Morgan fingerprint density at radius 1 is 1.27 bits per heavy atom. The lowest BCUT2D eigenvalue weighted by atomic mass is 9.94. The first-order valence-electron chi connectivity index (χ1n) is 7.62. The first kappa shape index (κ1) is 14.6. The SMILES string of the molecule is C[C@@H](OC(=O)[C@@H]1CC=CCC1)C(=O)c1c[nH]c2ccccc12. The molecular formula is C18H19NO3. The van der Waals surface area contributed by atoms with Crippen molar-refractivity contribution in [2.45, 2.75) is 32.3 Å². The van der Waals surface area contributed by atoms with E-state index >= 15 is 0 Å². The number of carbonyl (C=O) groups excluding carboxylic acids is 2. The van der Waals surface area contributed by atoms with Gasteiger partial charge < -0.3 is 9.72 Å². The fourth-order valence-corrected chi connectivity index (χ4v) is 2.83. The van der Waals surface area contributed by atoms with Crippen LogP contribution in [0.15, 0.2) is 42.6 Å². The summed E-state index contributed by atoms with van der Waals surface area (Å²) in [5, 5.41) is 0.857. The van der Waals surface area contributed by atoms with Gasteiger partial charge in [-0.3, -0.25) is 9.59 Å². The summed E-state index contributed by atoms with van der Waals surface area (Å²) >= 11 is 0. The quantitative estimate of drug-likeness (QED) is 0.532. The van der Waals surface area contributed by atoms with E-state index in [4.69, 9.17) is 4.74 Å². The molecule has 1 N–H and O–H groups in total. The van der Waals surface area contributed by atoms with Crippen molar-refractivity contribution in [1.82, 2.24) is 4.98 Å². The molecule has 0 spiro atoms. The number of esters is 1. The van der Waals surface area contributed by atoms with Crippen molar-refractivity contribution in [2.24, 2.45) is 5.92 Å². The fourth-order valence-electron chi connectivity index (χ4n) is 2.83. The van der Waals surface area contributed by atoms with Crippen LogP contribution in [0, 0.1) is 5.92 Å². The van der Waals surface area contributed by atoms with E-state index in [2.05, 4.69) is 11.1 Å². The molecule has 114 valence electrons. The Labute approximate surface area is 129 Å². The van der Waals surface area contributed by atoms with Crippen molar-refractivity contribution in [2.75, 3.05) is 0 Å². The van der Waals surface area contributed by atoms with E-state index in [0.717, 1.165) is 23.7 Å². The second-order valence-corrected chi connectivity index (χ2v) is 5.67. The Morgan fingerprint density at radius 2 is 2.09 bits per heavy atom. The number of Topliss-reactive ketones (excluding diaryl/α,β-unsaturated/α-hetero) is 1. The zero-order valence-corrected chi connectivity index (χ0v) is 12.5. The van der Waals surface area contributed by atoms with Crippen LogP contribution < -0.4 is 0 Å². The topological polar surface area (TPSA) is 59.2 Å². The van der Waals surface area contributed by atoms with Gasteiger partial charge in [0.1, 0.15) is 0 Å². The zero-order chi connectivity index (χ0) is 15.5. The molecule has 0 aliphatic heterocycles. The first-order valence-corrected chi connectivity index (χ1v) is 7.62. The molecule has 1 aromatic heterocycles. The van der Waals surface area contributed by atoms with Crippen LogP contribution in [0.4, 0.5) is 0 Å². The van der Waals surface area contributed by atoms with E-state index in [1.54, 1.807) is 13.1 Å². The summed E-state index contributed by atoms with van der Waals surface area (Å²) in [5.41, 5.74) is 1.47. The highest BCUT2D eigenvalue weighted by molar-refractivity contribution is 6.10. The third kappa shape index (κ3) is 2.82. The Bertz CT molecular complexity index is 729. The van der Waals surface area contributed by atoms with Crippen LogP contribution in [-0.4, -0.2) is 22.8 Å². The van der Waals surface area contributed by atoms with Gasteiger partial charge in [-0.15, -0.1) is 0 Å². The first-order chi connectivity index (χ1) is 10.7. The molecule has 4 heteroatoms. The number of benzene rings is 1. The maximum atomic E-state index is 12.5. The zero-order valence-electron chi connectivity index (χ0n) is 12.5. The number of para-hydroxylation sites is 1. The lowest BCUT2D eigenvalue weighted by molar-refractivity contribution is -0.151. The number of hydrogen-bond acceptors (Lipinski definition) is 3. The van der Waals surface area contributed by atoms with Crippen molar-refractivity contribution in [1.29, 1.82) is 0 Å². The van der Waals surface area contributed by atoms with E-state index in [1.165, 1.54) is 0 Å². The van der Waals surface area contributed by atoms with Gasteiger partial charge in [-0.05, 0) is 32.3 Å². The van der Waals surface area contributed by atoms with Gasteiger partial charge in [-0.2, -0.15) is 0 Å². The summed E-state index contributed by atoms with van der Waals surface area (Å²) in [6, 6.07) is 7.60. The van der Waals surface area contributed by atoms with Crippen LogP contribution >= 0.6 is 0 Å². The average molecular weight is 297 g/mol. The maximum Gasteiger partial charge on any atom is 0.309 e. The molecule has 0 fully saturated rings. The van der Waals surface area contributed by atoms with E-state index in [9.17, 15) is 9.59 Å². The molecule has 3 rings (SSSR count). The maximum absolute atomic E-state index is 12.5. The van der Waals surface area contributed by atoms with E-state index in [-0.39, 0.29) is 17.7 Å². The average Bonchev–Trinajstić information content (AvgIpc) is 2.99. The summed E-state index contributed by atoms with van der Waals surface area (Å²) in [5.74, 6) is -0.564. The fraction of sp³-hybridized carbons (Fsp3) is 0.333. The highest BCUT2D eigenvalue weighted by Gasteiger charge is 2.26. The predicted molar refractivity (Wildman–Crippen MR) is 84.7 cm³/mol. The molecule has 2 atom stereocenters. The molecule has 1 heterocycles. The molecule has 1 aliphatic carbocycles. The van der Waals surface area contributed by atoms with Crippen LogP contribution in [0.25, 0.3) is 10.9 Å². The largest absolute Gasteiger partial charge is 0.454 e. The number of ether oxygens (including phenoxy) is 1. The number of fused-ring (bicyclic) bond motifs is 1. The van der Waals surface area contributed by atoms with Gasteiger partial charge in [0.15, 0.2) is 6.10 Å². The number of ketones is 1. The van der Waals surface area contributed by atoms with Crippen molar-refractivity contribution in [3.8, 4) is 0 Å². The minimum absolute atomic E-state index is 0.122. The minimum atomic E-state index is -0.766. The Morgan fingerprint density at radius 3 is 2.86 bits per heavy atom. The number of rotatable bonds is 4. The Kier molecular flexibility index (Phi) is 4.09. The number of nitrogens with one attached hydrogen (secondary N) is 1. The van der Waals surface area contributed by atoms with E-state index in [1.807, 2.05) is 30.3 Å². The van der Waals surface area contributed by atoms with Gasteiger partial charge in [0.25, 0.3) is 0 Å².